The average Bonchev–Trinajstić information content (AvgIpc) is 3.10. The Labute approximate surface area is 165 Å². The number of fused-ring (bicyclic) bond motifs is 2. The third-order valence-corrected chi connectivity index (χ3v) is 6.19. The van der Waals surface area contributed by atoms with Crippen molar-refractivity contribution in [3.8, 4) is 0 Å². The topological polar surface area (TPSA) is 7.94 Å². The Hall–Kier alpha value is -1.13. The molecule has 1 aromatic heterocycles. The van der Waals surface area contributed by atoms with Crippen LogP contribution in [0.3, 0.4) is 0 Å². The number of halogens is 7. The second-order valence-corrected chi connectivity index (χ2v) is 7.96. The van der Waals surface area contributed by atoms with E-state index in [9.17, 15) is 8.78 Å². The predicted molar refractivity (Wildman–Crippen MR) is 98.9 cm³/mol. The Morgan fingerprint density at radius 1 is 0.960 bits per heavy atom. The van der Waals surface area contributed by atoms with Crippen molar-refractivity contribution in [3.63, 3.8) is 0 Å². The summed E-state index contributed by atoms with van der Waals surface area (Å²) >= 11 is 9.09. The summed E-state index contributed by atoms with van der Waals surface area (Å²) in [7, 11) is 0. The first-order valence-electron chi connectivity index (χ1n) is 7.02. The van der Waals surface area contributed by atoms with Crippen LogP contribution in [-0.2, 0) is 0 Å². The molecule has 2 aliphatic heterocycles. The minimum atomic E-state index is -4.17. The van der Waals surface area contributed by atoms with Gasteiger partial charge in [0, 0.05) is 33.8 Å². The first kappa shape index (κ1) is 17.3. The lowest BCUT2D eigenvalue weighted by Gasteiger charge is -2.32. The monoisotopic (exact) mass is 538 g/mol. The molecular formula is C15H6BBr3F4N2. The molecule has 25 heavy (non-hydrogen) atoms. The molecule has 0 saturated carbocycles. The normalized spacial score (nSPS) is 18.0. The van der Waals surface area contributed by atoms with Gasteiger partial charge in [0.15, 0.2) is 5.70 Å². The van der Waals surface area contributed by atoms with Crippen molar-refractivity contribution in [2.75, 3.05) is 0 Å². The lowest BCUT2D eigenvalue weighted by molar-refractivity contribution is -0.358. The second-order valence-electron chi connectivity index (χ2n) is 5.54. The first-order valence-corrected chi connectivity index (χ1v) is 9.40. The summed E-state index contributed by atoms with van der Waals surface area (Å²) in [5, 5.41) is 0. The largest absolute Gasteiger partial charge is 0.738 e. The van der Waals surface area contributed by atoms with E-state index >= 15 is 8.63 Å². The van der Waals surface area contributed by atoms with Crippen LogP contribution in [0.5, 0.6) is 0 Å². The lowest BCUT2D eigenvalue weighted by Crippen LogP contribution is -2.50. The first-order chi connectivity index (χ1) is 11.7. The fraction of sp³-hybridized carbons (Fsp3) is 0. The molecule has 0 bridgehead atoms. The predicted octanol–water partition coefficient (Wildman–Crippen LogP) is 5.66. The third-order valence-electron chi connectivity index (χ3n) is 4.14. The fourth-order valence-electron chi connectivity index (χ4n) is 3.13. The molecule has 0 radical (unpaired) electrons. The zero-order valence-corrected chi connectivity index (χ0v) is 16.8. The lowest BCUT2D eigenvalue weighted by atomic mass is 9.86. The van der Waals surface area contributed by atoms with Gasteiger partial charge >= 0.3 is 6.97 Å². The molecule has 0 aliphatic carbocycles. The van der Waals surface area contributed by atoms with Crippen LogP contribution in [0, 0.1) is 11.6 Å². The van der Waals surface area contributed by atoms with Crippen molar-refractivity contribution in [1.82, 2.24) is 4.48 Å². The summed E-state index contributed by atoms with van der Waals surface area (Å²) in [6.45, 7) is -4.17. The van der Waals surface area contributed by atoms with Crippen LogP contribution in [0.2, 0.25) is 0 Å². The third kappa shape index (κ3) is 2.37. The number of rotatable bonds is 1. The van der Waals surface area contributed by atoms with E-state index in [1.807, 2.05) is 0 Å². The van der Waals surface area contributed by atoms with E-state index in [1.165, 1.54) is 24.3 Å². The van der Waals surface area contributed by atoms with Crippen LogP contribution in [-0.4, -0.2) is 20.6 Å². The summed E-state index contributed by atoms with van der Waals surface area (Å²) in [5.74, 6) is -1.61. The van der Waals surface area contributed by atoms with Crippen molar-refractivity contribution >= 4 is 65.0 Å². The van der Waals surface area contributed by atoms with E-state index in [2.05, 4.69) is 47.8 Å². The summed E-state index contributed by atoms with van der Waals surface area (Å²) < 4.78 is 59.9. The van der Waals surface area contributed by atoms with Gasteiger partial charge < -0.3 is 17.6 Å². The smallest absolute Gasteiger partial charge is 0.389 e. The highest BCUT2D eigenvalue weighted by Crippen LogP contribution is 2.42. The maximum Gasteiger partial charge on any atom is 0.738 e. The Bertz CT molecular complexity index is 1020. The molecule has 0 fully saturated rings. The molecule has 10 heteroatoms. The quantitative estimate of drug-likeness (QED) is 0.251. The van der Waals surface area contributed by atoms with E-state index in [4.69, 9.17) is 0 Å². The highest BCUT2D eigenvalue weighted by molar-refractivity contribution is 9.18. The summed E-state index contributed by atoms with van der Waals surface area (Å²) in [5.41, 5.74) is 0.838. The van der Waals surface area contributed by atoms with Gasteiger partial charge in [0.2, 0.25) is 4.62 Å². The van der Waals surface area contributed by atoms with E-state index in [-0.39, 0.29) is 30.7 Å². The average molecular weight is 541 g/mol. The van der Waals surface area contributed by atoms with Gasteiger partial charge in [-0.05, 0) is 61.7 Å². The van der Waals surface area contributed by atoms with Crippen LogP contribution in [0.15, 0.2) is 51.2 Å². The molecule has 3 heterocycles. The van der Waals surface area contributed by atoms with E-state index in [1.54, 1.807) is 0 Å². The highest BCUT2D eigenvalue weighted by Gasteiger charge is 2.54. The molecule has 0 amide bonds. The van der Waals surface area contributed by atoms with Crippen molar-refractivity contribution in [2.45, 2.75) is 0 Å². The van der Waals surface area contributed by atoms with Gasteiger partial charge in [-0.3, -0.25) is 0 Å². The summed E-state index contributed by atoms with van der Waals surface area (Å²) in [6.07, 6.45) is 2.98. The van der Waals surface area contributed by atoms with E-state index in [0.717, 1.165) is 21.1 Å². The summed E-state index contributed by atoms with van der Waals surface area (Å²) in [4.78, 5) is 0. The van der Waals surface area contributed by atoms with Crippen molar-refractivity contribution in [1.29, 1.82) is 0 Å². The van der Waals surface area contributed by atoms with Crippen LogP contribution in [0.4, 0.5) is 17.4 Å². The van der Waals surface area contributed by atoms with E-state index < -0.39 is 18.6 Å². The number of nitrogens with zero attached hydrogens (tertiary/aromatic N) is 2. The van der Waals surface area contributed by atoms with Crippen molar-refractivity contribution in [2.24, 2.45) is 0 Å². The van der Waals surface area contributed by atoms with Gasteiger partial charge in [-0.2, -0.15) is 0 Å². The molecule has 4 rings (SSSR count). The molecule has 2 aromatic rings. The SMILES string of the molecule is Fc1cc(C2=C3C=CC(Br)=[N+]3[B-](F)(F)n3c(Br)ccc32)cc(F)c1Br. The molecule has 128 valence electrons. The molecule has 0 unspecified atom stereocenters. The number of hydrogen-bond acceptors (Lipinski definition) is 0. The Morgan fingerprint density at radius 3 is 2.24 bits per heavy atom. The maximum atomic E-state index is 15.0. The molecule has 2 nitrogen and oxygen atoms in total. The summed E-state index contributed by atoms with van der Waals surface area (Å²) in [6, 6.07) is 5.22. The van der Waals surface area contributed by atoms with Crippen molar-refractivity contribution < 1.29 is 21.9 Å². The second kappa shape index (κ2) is 5.69. The zero-order valence-electron chi connectivity index (χ0n) is 12.1. The molecule has 2 aliphatic rings. The van der Waals surface area contributed by atoms with E-state index in [0.29, 0.717) is 5.57 Å². The maximum absolute atomic E-state index is 15.0. The van der Waals surface area contributed by atoms with Gasteiger partial charge in [-0.1, -0.05) is 0 Å². The fourth-order valence-corrected chi connectivity index (χ4v) is 4.50. The molecule has 0 spiro atoms. The number of benzene rings is 1. The number of hydrogen-bond donors (Lipinski definition) is 0. The zero-order chi connectivity index (χ0) is 18.1. The minimum absolute atomic E-state index is 0.170. The van der Waals surface area contributed by atoms with Crippen LogP contribution >= 0.6 is 47.8 Å². The van der Waals surface area contributed by atoms with Gasteiger partial charge in [-0.25, -0.2) is 8.78 Å². The van der Waals surface area contributed by atoms with Gasteiger partial charge in [0.1, 0.15) is 11.6 Å². The number of aromatic nitrogens is 1. The van der Waals surface area contributed by atoms with Crippen molar-refractivity contribution in [3.05, 3.63) is 74.1 Å². The van der Waals surface area contributed by atoms with Crippen LogP contribution in [0.25, 0.3) is 5.57 Å². The Morgan fingerprint density at radius 2 is 1.60 bits per heavy atom. The molecule has 0 atom stereocenters. The molecule has 0 N–H and O–H groups in total. The molecule has 0 saturated heterocycles. The van der Waals surface area contributed by atoms with Crippen LogP contribution in [0.1, 0.15) is 11.3 Å². The Balaban J connectivity index is 2.11. The van der Waals surface area contributed by atoms with Gasteiger partial charge in [0.05, 0.1) is 14.6 Å². The van der Waals surface area contributed by atoms with Gasteiger partial charge in [-0.15, -0.1) is 0 Å². The molecular weight excluding hydrogens is 535 g/mol. The van der Waals surface area contributed by atoms with Crippen LogP contribution < -0.4 is 0 Å². The minimum Gasteiger partial charge on any atom is -0.389 e. The molecule has 1 aromatic carbocycles. The van der Waals surface area contributed by atoms with Gasteiger partial charge in [0.25, 0.3) is 0 Å². The number of allylic oxidation sites excluding steroid dienone is 2. The Kier molecular flexibility index (Phi) is 3.93. The highest BCUT2D eigenvalue weighted by atomic mass is 79.9. The standard InChI is InChI=1S/C15H6BBr3F4N2/c17-12-3-1-10-14(7-5-8(20)15(19)9(21)6-7)11-2-4-13(18)25(11)16(22,23)24(10)12/h1-6H.